The second-order valence-corrected chi connectivity index (χ2v) is 2.88. The van der Waals surface area contributed by atoms with Gasteiger partial charge in [-0.25, -0.2) is 0 Å². The second-order valence-electron chi connectivity index (χ2n) is 2.88. The Labute approximate surface area is 88.2 Å². The zero-order chi connectivity index (χ0) is 11.3. The van der Waals surface area contributed by atoms with E-state index in [4.69, 9.17) is 4.74 Å². The molecule has 1 aromatic rings. The fraction of sp³-hybridized carbons (Fsp3) is 0.182. The standard InChI is InChI=1S/C11H13NO3/c1-3-6-12-11(14)9-5-4-8(15-2)7-10(9)13/h3-5,7,13H,1,6H2,2H3,(H,12,14). The van der Waals surface area contributed by atoms with Crippen molar-refractivity contribution in [1.82, 2.24) is 5.32 Å². The molecule has 0 saturated heterocycles. The Morgan fingerprint density at radius 3 is 2.93 bits per heavy atom. The molecule has 0 radical (unpaired) electrons. The minimum Gasteiger partial charge on any atom is -0.507 e. The molecule has 0 aliphatic rings. The second kappa shape index (κ2) is 5.05. The summed E-state index contributed by atoms with van der Waals surface area (Å²) in [7, 11) is 1.49. The van der Waals surface area contributed by atoms with E-state index in [1.54, 1.807) is 12.1 Å². The van der Waals surface area contributed by atoms with E-state index >= 15 is 0 Å². The molecule has 0 saturated carbocycles. The third-order valence-electron chi connectivity index (χ3n) is 1.86. The third kappa shape index (κ3) is 2.74. The lowest BCUT2D eigenvalue weighted by atomic mass is 10.2. The van der Waals surface area contributed by atoms with Crippen molar-refractivity contribution in [2.45, 2.75) is 0 Å². The lowest BCUT2D eigenvalue weighted by Crippen LogP contribution is -2.23. The van der Waals surface area contributed by atoms with Crippen molar-refractivity contribution in [1.29, 1.82) is 0 Å². The predicted molar refractivity (Wildman–Crippen MR) is 57.2 cm³/mol. The first-order valence-electron chi connectivity index (χ1n) is 4.45. The lowest BCUT2D eigenvalue weighted by Gasteiger charge is -2.06. The number of nitrogens with one attached hydrogen (secondary N) is 1. The van der Waals surface area contributed by atoms with Crippen LogP contribution in [-0.2, 0) is 0 Å². The highest BCUT2D eigenvalue weighted by Gasteiger charge is 2.10. The van der Waals surface area contributed by atoms with Crippen molar-refractivity contribution in [3.63, 3.8) is 0 Å². The quantitative estimate of drug-likeness (QED) is 0.732. The fourth-order valence-corrected chi connectivity index (χ4v) is 1.09. The zero-order valence-electron chi connectivity index (χ0n) is 8.49. The summed E-state index contributed by atoms with van der Waals surface area (Å²) in [6.45, 7) is 3.84. The summed E-state index contributed by atoms with van der Waals surface area (Å²) in [6.07, 6.45) is 1.57. The van der Waals surface area contributed by atoms with Gasteiger partial charge in [0.05, 0.1) is 12.7 Å². The van der Waals surface area contributed by atoms with Crippen LogP contribution in [-0.4, -0.2) is 24.7 Å². The molecule has 4 nitrogen and oxygen atoms in total. The van der Waals surface area contributed by atoms with Crippen molar-refractivity contribution in [3.8, 4) is 11.5 Å². The zero-order valence-corrected chi connectivity index (χ0v) is 8.49. The smallest absolute Gasteiger partial charge is 0.255 e. The normalized spacial score (nSPS) is 9.40. The van der Waals surface area contributed by atoms with Crippen LogP contribution in [0.25, 0.3) is 0 Å². The molecular weight excluding hydrogens is 194 g/mol. The van der Waals surface area contributed by atoms with E-state index in [0.717, 1.165) is 0 Å². The molecule has 1 rings (SSSR count). The van der Waals surface area contributed by atoms with Crippen LogP contribution < -0.4 is 10.1 Å². The number of phenolic OH excluding ortho intramolecular Hbond substituents is 1. The maximum atomic E-state index is 11.5. The number of carbonyl (C=O) groups is 1. The average molecular weight is 207 g/mol. The number of phenols is 1. The van der Waals surface area contributed by atoms with Gasteiger partial charge in [0.2, 0.25) is 0 Å². The summed E-state index contributed by atoms with van der Waals surface area (Å²) in [5.41, 5.74) is 0.220. The third-order valence-corrected chi connectivity index (χ3v) is 1.86. The summed E-state index contributed by atoms with van der Waals surface area (Å²) in [5.74, 6) is 0.0683. The number of benzene rings is 1. The first-order chi connectivity index (χ1) is 7.19. The first kappa shape index (κ1) is 11.1. The SMILES string of the molecule is C=CCNC(=O)c1ccc(OC)cc1O. The monoisotopic (exact) mass is 207 g/mol. The van der Waals surface area contributed by atoms with Crippen LogP contribution in [0.4, 0.5) is 0 Å². The Bertz CT molecular complexity index is 374. The molecule has 1 amide bonds. The Hall–Kier alpha value is -1.97. The van der Waals surface area contributed by atoms with Gasteiger partial charge in [-0.15, -0.1) is 6.58 Å². The van der Waals surface area contributed by atoms with Crippen LogP contribution in [0.2, 0.25) is 0 Å². The summed E-state index contributed by atoms with van der Waals surface area (Å²) in [4.78, 5) is 11.5. The van der Waals surface area contributed by atoms with Crippen LogP contribution in [0.5, 0.6) is 11.5 Å². The van der Waals surface area contributed by atoms with Crippen LogP contribution >= 0.6 is 0 Å². The van der Waals surface area contributed by atoms with E-state index < -0.39 is 0 Å². The average Bonchev–Trinajstić information content (AvgIpc) is 2.25. The molecule has 0 aromatic heterocycles. The molecule has 0 spiro atoms. The van der Waals surface area contributed by atoms with Gasteiger partial charge >= 0.3 is 0 Å². The Kier molecular flexibility index (Phi) is 3.74. The Morgan fingerprint density at radius 1 is 1.67 bits per heavy atom. The van der Waals surface area contributed by atoms with Gasteiger partial charge in [0.15, 0.2) is 0 Å². The van der Waals surface area contributed by atoms with Crippen molar-refractivity contribution in [2.24, 2.45) is 0 Å². The number of rotatable bonds is 4. The van der Waals surface area contributed by atoms with E-state index in [0.29, 0.717) is 12.3 Å². The number of amides is 1. The Balaban J connectivity index is 2.85. The van der Waals surface area contributed by atoms with Gasteiger partial charge in [0, 0.05) is 12.6 Å². The fourth-order valence-electron chi connectivity index (χ4n) is 1.09. The molecule has 0 unspecified atom stereocenters. The molecule has 0 atom stereocenters. The number of hydrogen-bond acceptors (Lipinski definition) is 3. The van der Waals surface area contributed by atoms with Crippen molar-refractivity contribution in [2.75, 3.05) is 13.7 Å². The first-order valence-corrected chi connectivity index (χ1v) is 4.45. The molecule has 0 aliphatic carbocycles. The van der Waals surface area contributed by atoms with E-state index in [2.05, 4.69) is 11.9 Å². The van der Waals surface area contributed by atoms with Crippen molar-refractivity contribution in [3.05, 3.63) is 36.4 Å². The minimum absolute atomic E-state index is 0.101. The molecular formula is C11H13NO3. The topological polar surface area (TPSA) is 58.6 Å². The molecule has 15 heavy (non-hydrogen) atoms. The van der Waals surface area contributed by atoms with Crippen molar-refractivity contribution >= 4 is 5.91 Å². The van der Waals surface area contributed by atoms with Crippen LogP contribution in [0.1, 0.15) is 10.4 Å². The number of methoxy groups -OCH3 is 1. The molecule has 4 heteroatoms. The Morgan fingerprint density at radius 2 is 2.40 bits per heavy atom. The van der Waals surface area contributed by atoms with Gasteiger partial charge in [-0.2, -0.15) is 0 Å². The van der Waals surface area contributed by atoms with E-state index in [1.807, 2.05) is 0 Å². The van der Waals surface area contributed by atoms with Gasteiger partial charge in [0.1, 0.15) is 11.5 Å². The van der Waals surface area contributed by atoms with E-state index in [1.165, 1.54) is 19.2 Å². The summed E-state index contributed by atoms with van der Waals surface area (Å²) in [5, 5.41) is 12.1. The lowest BCUT2D eigenvalue weighted by molar-refractivity contribution is 0.0955. The molecule has 80 valence electrons. The van der Waals surface area contributed by atoms with Crippen LogP contribution in [0.3, 0.4) is 0 Å². The van der Waals surface area contributed by atoms with E-state index in [9.17, 15) is 9.90 Å². The molecule has 0 fully saturated rings. The number of hydrogen-bond donors (Lipinski definition) is 2. The van der Waals surface area contributed by atoms with Crippen molar-refractivity contribution < 1.29 is 14.6 Å². The van der Waals surface area contributed by atoms with Gasteiger partial charge in [-0.05, 0) is 12.1 Å². The molecule has 0 heterocycles. The molecule has 2 N–H and O–H groups in total. The molecule has 1 aromatic carbocycles. The molecule has 0 bridgehead atoms. The highest BCUT2D eigenvalue weighted by molar-refractivity contribution is 5.97. The van der Waals surface area contributed by atoms with Gasteiger partial charge in [-0.3, -0.25) is 4.79 Å². The highest BCUT2D eigenvalue weighted by atomic mass is 16.5. The number of carbonyl (C=O) groups excluding carboxylic acids is 1. The summed E-state index contributed by atoms with van der Waals surface area (Å²) in [6, 6.07) is 4.51. The molecule has 0 aliphatic heterocycles. The number of aromatic hydroxyl groups is 1. The summed E-state index contributed by atoms with van der Waals surface area (Å²) < 4.78 is 4.90. The van der Waals surface area contributed by atoms with Crippen LogP contribution in [0, 0.1) is 0 Å². The highest BCUT2D eigenvalue weighted by Crippen LogP contribution is 2.22. The van der Waals surface area contributed by atoms with Gasteiger partial charge < -0.3 is 15.2 Å². The van der Waals surface area contributed by atoms with E-state index in [-0.39, 0.29) is 17.2 Å². The summed E-state index contributed by atoms with van der Waals surface area (Å²) >= 11 is 0. The van der Waals surface area contributed by atoms with Gasteiger partial charge in [-0.1, -0.05) is 6.08 Å². The van der Waals surface area contributed by atoms with Gasteiger partial charge in [0.25, 0.3) is 5.91 Å². The maximum Gasteiger partial charge on any atom is 0.255 e. The minimum atomic E-state index is -0.338. The predicted octanol–water partition coefficient (Wildman–Crippen LogP) is 1.32. The maximum absolute atomic E-state index is 11.5. The van der Waals surface area contributed by atoms with Crippen LogP contribution in [0.15, 0.2) is 30.9 Å². The largest absolute Gasteiger partial charge is 0.507 e. The number of ether oxygens (including phenoxy) is 1.